The maximum Gasteiger partial charge on any atom is 0.0973 e. The molecule has 0 saturated carbocycles. The van der Waals surface area contributed by atoms with Crippen molar-refractivity contribution in [1.82, 2.24) is 0 Å². The lowest BCUT2D eigenvalue weighted by Crippen LogP contribution is -2.48. The summed E-state index contributed by atoms with van der Waals surface area (Å²) in [5.74, 6) is 0. The summed E-state index contributed by atoms with van der Waals surface area (Å²) in [5, 5.41) is 0.829. The summed E-state index contributed by atoms with van der Waals surface area (Å²) < 4.78 is 1.22. The van der Waals surface area contributed by atoms with Crippen LogP contribution in [0.1, 0.15) is 58.4 Å². The molecule has 1 aromatic rings. The van der Waals surface area contributed by atoms with Crippen LogP contribution in [0.15, 0.2) is 36.4 Å². The Labute approximate surface area is 148 Å². The Kier molecular flexibility index (Phi) is 10.3. The van der Waals surface area contributed by atoms with Crippen LogP contribution in [0, 0.1) is 0 Å². The van der Waals surface area contributed by atoms with Crippen molar-refractivity contribution in [2.45, 2.75) is 59.3 Å². The third-order valence-corrected chi connectivity index (χ3v) is 5.21. The van der Waals surface area contributed by atoms with Gasteiger partial charge in [0.1, 0.15) is 0 Å². The van der Waals surface area contributed by atoms with Crippen molar-refractivity contribution in [2.24, 2.45) is 0 Å². The lowest BCUT2D eigenvalue weighted by atomic mass is 10.1. The summed E-state index contributed by atoms with van der Waals surface area (Å²) >= 11 is 6.04. The van der Waals surface area contributed by atoms with Crippen molar-refractivity contribution in [1.29, 1.82) is 0 Å². The lowest BCUT2D eigenvalue weighted by Gasteiger charge is -2.36. The average molecular weight is 337 g/mol. The molecule has 0 N–H and O–H groups in total. The first-order valence-corrected chi connectivity index (χ1v) is 9.78. The number of benzene rings is 1. The summed E-state index contributed by atoms with van der Waals surface area (Å²) in [6.45, 7) is 11.9. The van der Waals surface area contributed by atoms with E-state index in [9.17, 15) is 0 Å². The van der Waals surface area contributed by atoms with E-state index in [-0.39, 0.29) is 0 Å². The number of nitrogens with zero attached hydrogens (tertiary/aromatic N) is 1. The van der Waals surface area contributed by atoms with E-state index in [0.29, 0.717) is 0 Å². The van der Waals surface area contributed by atoms with E-state index in [0.717, 1.165) is 18.0 Å². The third kappa shape index (κ3) is 8.04. The quantitative estimate of drug-likeness (QED) is 0.240. The van der Waals surface area contributed by atoms with Crippen LogP contribution in [-0.4, -0.2) is 30.7 Å². The van der Waals surface area contributed by atoms with E-state index in [1.807, 2.05) is 12.1 Å². The number of rotatable bonds is 12. The molecule has 0 heterocycles. The molecule has 2 heteroatoms. The van der Waals surface area contributed by atoms with Gasteiger partial charge in [0.15, 0.2) is 0 Å². The molecular formula is C21H35ClN+. The van der Waals surface area contributed by atoms with Crippen LogP contribution in [0.2, 0.25) is 5.02 Å². The van der Waals surface area contributed by atoms with Crippen molar-refractivity contribution in [3.05, 3.63) is 47.0 Å². The van der Waals surface area contributed by atoms with Crippen LogP contribution in [0.4, 0.5) is 0 Å². The highest BCUT2D eigenvalue weighted by atomic mass is 35.5. The first kappa shape index (κ1) is 20.3. The zero-order chi connectivity index (χ0) is 17.0. The second kappa shape index (κ2) is 11.7. The third-order valence-electron chi connectivity index (χ3n) is 4.98. The molecule has 0 amide bonds. The molecule has 1 nitrogen and oxygen atoms in total. The molecule has 0 atom stereocenters. The molecule has 0 radical (unpaired) electrons. The highest BCUT2D eigenvalue weighted by molar-refractivity contribution is 6.30. The van der Waals surface area contributed by atoms with E-state index < -0.39 is 0 Å². The fourth-order valence-corrected chi connectivity index (χ4v) is 3.33. The Bertz CT molecular complexity index is 449. The van der Waals surface area contributed by atoms with E-state index >= 15 is 0 Å². The molecule has 0 spiro atoms. The smallest absolute Gasteiger partial charge is 0.0973 e. The first-order chi connectivity index (χ1) is 11.2. The van der Waals surface area contributed by atoms with Crippen LogP contribution in [0.5, 0.6) is 0 Å². The number of likely N-dealkylation sites (N-methyl/N-ethyl adjacent to an activating group) is 1. The summed E-state index contributed by atoms with van der Waals surface area (Å²) in [4.78, 5) is 0. The molecule has 0 aromatic heterocycles. The monoisotopic (exact) mass is 336 g/mol. The number of allylic oxidation sites excluding steroid dienone is 1. The number of quaternary nitrogens is 1. The summed E-state index contributed by atoms with van der Waals surface area (Å²) in [7, 11) is 0. The summed E-state index contributed by atoms with van der Waals surface area (Å²) in [5.41, 5.74) is 1.29. The molecule has 0 fully saturated rings. The fraction of sp³-hybridized carbons (Fsp3) is 0.619. The number of hydrogen-bond donors (Lipinski definition) is 0. The number of hydrogen-bond acceptors (Lipinski definition) is 0. The van der Waals surface area contributed by atoms with E-state index in [2.05, 4.69) is 45.1 Å². The van der Waals surface area contributed by atoms with Gasteiger partial charge in [-0.1, -0.05) is 56.0 Å². The Hall–Kier alpha value is -0.790. The molecular weight excluding hydrogens is 302 g/mol. The lowest BCUT2D eigenvalue weighted by molar-refractivity contribution is -0.919. The molecule has 0 aliphatic heterocycles. The number of halogens is 1. The van der Waals surface area contributed by atoms with E-state index in [1.165, 1.54) is 61.8 Å². The molecule has 1 rings (SSSR count). The Morgan fingerprint density at radius 1 is 0.957 bits per heavy atom. The van der Waals surface area contributed by atoms with Crippen LogP contribution in [0.25, 0.3) is 0 Å². The Balaban J connectivity index is 2.43. The second-order valence-corrected chi connectivity index (χ2v) is 7.04. The van der Waals surface area contributed by atoms with Gasteiger partial charge in [0.05, 0.1) is 26.2 Å². The maximum absolute atomic E-state index is 6.04. The molecule has 23 heavy (non-hydrogen) atoms. The van der Waals surface area contributed by atoms with Gasteiger partial charge in [-0.2, -0.15) is 0 Å². The van der Waals surface area contributed by atoms with Gasteiger partial charge in [0.25, 0.3) is 0 Å². The van der Waals surface area contributed by atoms with Gasteiger partial charge < -0.3 is 4.48 Å². The minimum absolute atomic E-state index is 0.829. The average Bonchev–Trinajstić information content (AvgIpc) is 2.57. The molecule has 0 unspecified atom stereocenters. The van der Waals surface area contributed by atoms with Gasteiger partial charge in [-0.05, 0) is 56.9 Å². The van der Waals surface area contributed by atoms with Crippen LogP contribution < -0.4 is 0 Å². The number of unbranched alkanes of at least 4 members (excludes halogenated alkanes) is 4. The fourth-order valence-electron chi connectivity index (χ4n) is 3.12. The first-order valence-electron chi connectivity index (χ1n) is 9.40. The largest absolute Gasteiger partial charge is 0.321 e. The zero-order valence-corrected chi connectivity index (χ0v) is 16.1. The molecule has 0 saturated heterocycles. The molecule has 0 aliphatic rings. The van der Waals surface area contributed by atoms with Gasteiger partial charge in [-0.25, -0.2) is 0 Å². The Morgan fingerprint density at radius 3 is 2.35 bits per heavy atom. The standard InChI is InChI=1S/C21H35ClN/c1-4-7-8-9-11-17-23(5-2,6-3)18-12-10-14-20-15-13-16-21(22)19-20/h10,12-13,15-16,19H,4-9,11,14,17-18H2,1-3H3/q+1. The highest BCUT2D eigenvalue weighted by Crippen LogP contribution is 2.13. The van der Waals surface area contributed by atoms with Crippen molar-refractivity contribution in [3.8, 4) is 0 Å². The van der Waals surface area contributed by atoms with Crippen LogP contribution in [-0.2, 0) is 6.42 Å². The molecule has 130 valence electrons. The van der Waals surface area contributed by atoms with Crippen molar-refractivity contribution in [2.75, 3.05) is 26.2 Å². The highest BCUT2D eigenvalue weighted by Gasteiger charge is 2.20. The predicted octanol–water partition coefficient (Wildman–Crippen LogP) is 6.27. The molecule has 1 aromatic carbocycles. The van der Waals surface area contributed by atoms with Crippen LogP contribution in [0.3, 0.4) is 0 Å². The van der Waals surface area contributed by atoms with Crippen molar-refractivity contribution < 1.29 is 4.48 Å². The normalized spacial score (nSPS) is 12.2. The SMILES string of the molecule is CCCCCCC[N+](CC)(CC)CC=CCc1cccc(Cl)c1. The predicted molar refractivity (Wildman–Crippen MR) is 104 cm³/mol. The van der Waals surface area contributed by atoms with Gasteiger partial charge in [0.2, 0.25) is 0 Å². The minimum Gasteiger partial charge on any atom is -0.321 e. The van der Waals surface area contributed by atoms with Crippen molar-refractivity contribution in [3.63, 3.8) is 0 Å². The topological polar surface area (TPSA) is 0 Å². The Morgan fingerprint density at radius 2 is 1.70 bits per heavy atom. The van der Waals surface area contributed by atoms with Gasteiger partial charge in [-0.15, -0.1) is 0 Å². The van der Waals surface area contributed by atoms with E-state index in [4.69, 9.17) is 11.6 Å². The molecule has 0 bridgehead atoms. The second-order valence-electron chi connectivity index (χ2n) is 6.60. The summed E-state index contributed by atoms with van der Waals surface area (Å²) in [6.07, 6.45) is 12.5. The van der Waals surface area contributed by atoms with Gasteiger partial charge >= 0.3 is 0 Å². The van der Waals surface area contributed by atoms with Gasteiger partial charge in [0, 0.05) is 5.02 Å². The maximum atomic E-state index is 6.04. The van der Waals surface area contributed by atoms with Gasteiger partial charge in [-0.3, -0.25) is 0 Å². The minimum atomic E-state index is 0.829. The van der Waals surface area contributed by atoms with Crippen LogP contribution >= 0.6 is 11.6 Å². The summed E-state index contributed by atoms with van der Waals surface area (Å²) in [6, 6.07) is 8.16. The zero-order valence-electron chi connectivity index (χ0n) is 15.4. The van der Waals surface area contributed by atoms with E-state index in [1.54, 1.807) is 0 Å². The molecule has 0 aliphatic carbocycles. The van der Waals surface area contributed by atoms with Crippen molar-refractivity contribution >= 4 is 11.6 Å².